The number of thioether (sulfide) groups is 1. The molecule has 2 aromatic carbocycles. The second kappa shape index (κ2) is 10.0. The zero-order valence-corrected chi connectivity index (χ0v) is 17.7. The van der Waals surface area contributed by atoms with E-state index in [1.54, 1.807) is 12.1 Å². The van der Waals surface area contributed by atoms with E-state index in [2.05, 4.69) is 25.7 Å². The van der Waals surface area contributed by atoms with Gasteiger partial charge in [-0.15, -0.1) is 5.10 Å². The highest BCUT2D eigenvalue weighted by atomic mass is 32.2. The zero-order valence-electron chi connectivity index (χ0n) is 16.8. The monoisotopic (exact) mass is 469 g/mol. The van der Waals surface area contributed by atoms with Crippen LogP contribution in [0.25, 0.3) is 11.4 Å². The van der Waals surface area contributed by atoms with Crippen molar-refractivity contribution in [1.29, 1.82) is 0 Å². The highest BCUT2D eigenvalue weighted by Crippen LogP contribution is 2.23. The predicted octanol–water partition coefficient (Wildman–Crippen LogP) is 2.85. The number of halogens is 1. The average molecular weight is 469 g/mol. The molecule has 0 aliphatic carbocycles. The van der Waals surface area contributed by atoms with E-state index in [1.807, 2.05) is 18.2 Å². The van der Waals surface area contributed by atoms with Crippen LogP contribution in [-0.2, 0) is 16.2 Å². The lowest BCUT2D eigenvalue weighted by Gasteiger charge is -2.01. The summed E-state index contributed by atoms with van der Waals surface area (Å²) in [5.74, 6) is -1.20. The number of carbonyl (C=O) groups excluding carboxylic acids is 1. The van der Waals surface area contributed by atoms with Crippen molar-refractivity contribution in [3.05, 3.63) is 65.8 Å². The van der Waals surface area contributed by atoms with Crippen molar-refractivity contribution >= 4 is 35.0 Å². The third-order valence-electron chi connectivity index (χ3n) is 4.30. The molecule has 1 saturated heterocycles. The first-order valence-corrected chi connectivity index (χ1v) is 10.5. The number of carboxylic acid groups (broad SMARTS) is 1. The van der Waals surface area contributed by atoms with Crippen molar-refractivity contribution in [3.8, 4) is 17.1 Å². The van der Waals surface area contributed by atoms with E-state index < -0.39 is 22.9 Å². The van der Waals surface area contributed by atoms with E-state index in [4.69, 9.17) is 14.4 Å². The smallest absolute Gasteiger partial charge is 0.305 e. The first kappa shape index (κ1) is 22.1. The van der Waals surface area contributed by atoms with Gasteiger partial charge in [-0.2, -0.15) is 10.1 Å². The number of ether oxygens (including phenoxy) is 1. The molecule has 1 fully saturated rings. The lowest BCUT2D eigenvalue weighted by molar-refractivity contribution is -0.138. The molecule has 12 heteroatoms. The van der Waals surface area contributed by atoms with Gasteiger partial charge in [-0.1, -0.05) is 41.2 Å². The van der Waals surface area contributed by atoms with Crippen molar-refractivity contribution in [2.24, 2.45) is 10.2 Å². The molecule has 0 bridgehead atoms. The van der Waals surface area contributed by atoms with Crippen molar-refractivity contribution in [2.75, 3.05) is 0 Å². The lowest BCUT2D eigenvalue weighted by atomic mass is 10.1. The Bertz CT molecular complexity index is 1230. The zero-order chi connectivity index (χ0) is 23.2. The predicted molar refractivity (Wildman–Crippen MR) is 117 cm³/mol. The molecule has 10 nitrogen and oxygen atoms in total. The van der Waals surface area contributed by atoms with E-state index in [9.17, 15) is 14.0 Å². The Kier molecular flexibility index (Phi) is 6.74. The summed E-state index contributed by atoms with van der Waals surface area (Å²) in [6.45, 7) is 0.0313. The highest BCUT2D eigenvalue weighted by molar-refractivity contribution is 8.15. The van der Waals surface area contributed by atoms with Gasteiger partial charge in [0.1, 0.15) is 16.8 Å². The molecule has 2 heterocycles. The number of amidine groups is 1. The quantitative estimate of drug-likeness (QED) is 0.379. The summed E-state index contributed by atoms with van der Waals surface area (Å²) in [6.07, 6.45) is 1.04. The number of carbonyl (C=O) groups is 2. The Balaban J connectivity index is 1.42. The summed E-state index contributed by atoms with van der Waals surface area (Å²) in [4.78, 5) is 26.7. The number of nitrogens with zero attached hydrogens (tertiary/aromatic N) is 4. The molecule has 1 amide bonds. The number of benzene rings is 2. The van der Waals surface area contributed by atoms with Gasteiger partial charge in [-0.05, 0) is 29.8 Å². The Labute approximate surface area is 190 Å². The minimum Gasteiger partial charge on any atom is -0.484 e. The van der Waals surface area contributed by atoms with E-state index >= 15 is 0 Å². The number of amides is 1. The topological polar surface area (TPSA) is 139 Å². The van der Waals surface area contributed by atoms with E-state index in [0.717, 1.165) is 11.8 Å². The molecule has 4 rings (SSSR count). The number of hydrogen-bond acceptors (Lipinski definition) is 9. The van der Waals surface area contributed by atoms with E-state index in [0.29, 0.717) is 11.3 Å². The summed E-state index contributed by atoms with van der Waals surface area (Å²) in [5.41, 5.74) is 0.602. The molecule has 1 aromatic heterocycles. The summed E-state index contributed by atoms with van der Waals surface area (Å²) in [7, 11) is 0. The average Bonchev–Trinajstić information content (AvgIpc) is 3.40. The van der Waals surface area contributed by atoms with Crippen LogP contribution in [0.1, 0.15) is 17.9 Å². The van der Waals surface area contributed by atoms with Crippen molar-refractivity contribution in [2.45, 2.75) is 18.3 Å². The summed E-state index contributed by atoms with van der Waals surface area (Å²) >= 11 is 0.981. The fourth-order valence-electron chi connectivity index (χ4n) is 2.77. The maximum Gasteiger partial charge on any atom is 0.305 e. The van der Waals surface area contributed by atoms with Crippen LogP contribution in [0.3, 0.4) is 0 Å². The maximum absolute atomic E-state index is 14.3. The van der Waals surface area contributed by atoms with Gasteiger partial charge in [0, 0.05) is 0 Å². The van der Waals surface area contributed by atoms with Crippen LogP contribution in [0.15, 0.2) is 63.3 Å². The normalized spacial score (nSPS) is 16.9. The molecule has 33 heavy (non-hydrogen) atoms. The summed E-state index contributed by atoms with van der Waals surface area (Å²) in [5, 5.41) is 22.3. The third-order valence-corrected chi connectivity index (χ3v) is 5.37. The number of aliphatic carboxylic acids is 1. The minimum absolute atomic E-state index is 0.0313. The number of aromatic nitrogens is 2. The molecular formula is C21H16FN5O5S. The molecule has 0 radical (unpaired) electrons. The Hall–Kier alpha value is -4.06. The second-order valence-electron chi connectivity index (χ2n) is 6.70. The molecular weight excluding hydrogens is 453 g/mol. The Morgan fingerprint density at radius 3 is 2.91 bits per heavy atom. The Morgan fingerprint density at radius 1 is 1.30 bits per heavy atom. The van der Waals surface area contributed by atoms with Crippen molar-refractivity contribution in [3.63, 3.8) is 0 Å². The van der Waals surface area contributed by atoms with Crippen LogP contribution in [-0.4, -0.2) is 43.8 Å². The molecule has 1 atom stereocenters. The van der Waals surface area contributed by atoms with Crippen molar-refractivity contribution in [1.82, 2.24) is 15.5 Å². The number of para-hydroxylation sites is 1. The standard InChI is InChI=1S/C21H16FN5O5S/c22-15-7-6-12(10-23-26-21-25-20(30)16(33-21)9-18(28)29)8-14(15)19-24-17(32-27-19)11-31-13-4-2-1-3-5-13/h1-8,10,16H,9,11H2,(H,28,29)(H,25,26,30). The van der Waals surface area contributed by atoms with Crippen LogP contribution in [0.2, 0.25) is 0 Å². The fourth-order valence-corrected chi connectivity index (χ4v) is 3.69. The minimum atomic E-state index is -1.08. The van der Waals surface area contributed by atoms with Gasteiger partial charge >= 0.3 is 5.97 Å². The number of rotatable bonds is 8. The van der Waals surface area contributed by atoms with Gasteiger partial charge in [0.25, 0.3) is 5.89 Å². The van der Waals surface area contributed by atoms with Crippen LogP contribution in [0, 0.1) is 5.82 Å². The fraction of sp³-hybridized carbons (Fsp3) is 0.143. The molecule has 3 aromatic rings. The first-order chi connectivity index (χ1) is 16.0. The molecule has 1 aliphatic heterocycles. The number of hydrogen-bond donors (Lipinski definition) is 2. The molecule has 2 N–H and O–H groups in total. The number of nitrogens with one attached hydrogen (secondary N) is 1. The Morgan fingerprint density at radius 2 is 2.12 bits per heavy atom. The van der Waals surface area contributed by atoms with Crippen LogP contribution < -0.4 is 10.1 Å². The van der Waals surface area contributed by atoms with Gasteiger partial charge < -0.3 is 19.7 Å². The highest BCUT2D eigenvalue weighted by Gasteiger charge is 2.32. The maximum atomic E-state index is 14.3. The van der Waals surface area contributed by atoms with E-state index in [1.165, 1.54) is 24.4 Å². The van der Waals surface area contributed by atoms with Gasteiger partial charge in [0.2, 0.25) is 11.7 Å². The molecule has 168 valence electrons. The van der Waals surface area contributed by atoms with Gasteiger partial charge in [-0.3, -0.25) is 9.59 Å². The summed E-state index contributed by atoms with van der Waals surface area (Å²) < 4.78 is 25.0. The SMILES string of the molecule is O=C(O)CC1SC(=NN=Cc2ccc(F)c(-c3noc(COc4ccccc4)n3)c2)NC1=O. The van der Waals surface area contributed by atoms with Crippen LogP contribution >= 0.6 is 11.8 Å². The first-order valence-electron chi connectivity index (χ1n) is 9.58. The van der Waals surface area contributed by atoms with Crippen LogP contribution in [0.5, 0.6) is 5.75 Å². The second-order valence-corrected chi connectivity index (χ2v) is 7.89. The number of carboxylic acids is 1. The van der Waals surface area contributed by atoms with Crippen LogP contribution in [0.4, 0.5) is 4.39 Å². The largest absolute Gasteiger partial charge is 0.484 e. The third kappa shape index (κ3) is 5.80. The molecule has 0 spiro atoms. The summed E-state index contributed by atoms with van der Waals surface area (Å²) in [6, 6.07) is 13.3. The lowest BCUT2D eigenvalue weighted by Crippen LogP contribution is -2.26. The van der Waals surface area contributed by atoms with Gasteiger partial charge in [0.15, 0.2) is 11.8 Å². The molecule has 0 saturated carbocycles. The van der Waals surface area contributed by atoms with E-state index in [-0.39, 0.29) is 35.5 Å². The molecule has 1 unspecified atom stereocenters. The van der Waals surface area contributed by atoms with Crippen molar-refractivity contribution < 1.29 is 28.3 Å². The van der Waals surface area contributed by atoms with Gasteiger partial charge in [0.05, 0.1) is 18.2 Å². The van der Waals surface area contributed by atoms with Gasteiger partial charge in [-0.25, -0.2) is 4.39 Å². The molecule has 1 aliphatic rings.